The molecule has 1 aromatic carbocycles. The molecule has 1 aromatic heterocycles. The van der Waals surface area contributed by atoms with E-state index in [1.54, 1.807) is 6.20 Å². The number of aromatic nitrogens is 2. The summed E-state index contributed by atoms with van der Waals surface area (Å²) in [5, 5.41) is 0. The van der Waals surface area contributed by atoms with Crippen molar-refractivity contribution in [3.8, 4) is 0 Å². The lowest BCUT2D eigenvalue weighted by atomic mass is 9.82. The van der Waals surface area contributed by atoms with Crippen molar-refractivity contribution in [1.82, 2.24) is 14.9 Å². The van der Waals surface area contributed by atoms with E-state index >= 15 is 0 Å². The van der Waals surface area contributed by atoms with Crippen molar-refractivity contribution >= 4 is 5.91 Å². The van der Waals surface area contributed by atoms with E-state index in [9.17, 15) is 4.79 Å². The number of hydrogen-bond acceptors (Lipinski definition) is 3. The SMILES string of the molecule is Cc1ccc(C(C)(C)C(=O)N2CCO[C@H](c3ncc(C)[nH]3)C2)cc1. The number of nitrogens with one attached hydrogen (secondary N) is 1. The van der Waals surface area contributed by atoms with E-state index in [2.05, 4.69) is 29.0 Å². The third-order valence-corrected chi connectivity index (χ3v) is 4.69. The summed E-state index contributed by atoms with van der Waals surface area (Å²) >= 11 is 0. The third kappa shape index (κ3) is 3.22. The van der Waals surface area contributed by atoms with Gasteiger partial charge in [-0.05, 0) is 33.3 Å². The van der Waals surface area contributed by atoms with E-state index in [-0.39, 0.29) is 12.0 Å². The minimum absolute atomic E-state index is 0.128. The maximum atomic E-state index is 13.1. The normalized spacial score (nSPS) is 18.7. The van der Waals surface area contributed by atoms with E-state index in [4.69, 9.17) is 4.74 Å². The number of amides is 1. The van der Waals surface area contributed by atoms with E-state index in [1.165, 1.54) is 5.56 Å². The van der Waals surface area contributed by atoms with Crippen molar-refractivity contribution < 1.29 is 9.53 Å². The van der Waals surface area contributed by atoms with Crippen molar-refractivity contribution in [3.05, 3.63) is 53.1 Å². The highest BCUT2D eigenvalue weighted by atomic mass is 16.5. The highest BCUT2D eigenvalue weighted by molar-refractivity contribution is 5.87. The lowest BCUT2D eigenvalue weighted by Gasteiger charge is -2.37. The number of hydrogen-bond donors (Lipinski definition) is 1. The van der Waals surface area contributed by atoms with Gasteiger partial charge in [0.05, 0.1) is 18.6 Å². The average Bonchev–Trinajstić information content (AvgIpc) is 3.01. The fourth-order valence-corrected chi connectivity index (χ4v) is 3.08. The van der Waals surface area contributed by atoms with Gasteiger partial charge in [0, 0.05) is 18.4 Å². The molecule has 3 rings (SSSR count). The number of ether oxygens (including phenoxy) is 1. The molecule has 0 bridgehead atoms. The maximum absolute atomic E-state index is 13.1. The van der Waals surface area contributed by atoms with Gasteiger partial charge < -0.3 is 14.6 Å². The minimum Gasteiger partial charge on any atom is -0.367 e. The number of carbonyl (C=O) groups is 1. The summed E-state index contributed by atoms with van der Waals surface area (Å²) in [7, 11) is 0. The van der Waals surface area contributed by atoms with Crippen LogP contribution in [0, 0.1) is 13.8 Å². The molecule has 0 unspecified atom stereocenters. The number of imidazole rings is 1. The summed E-state index contributed by atoms with van der Waals surface area (Å²) in [4.78, 5) is 22.6. The van der Waals surface area contributed by atoms with E-state index in [0.29, 0.717) is 19.7 Å². The van der Waals surface area contributed by atoms with Crippen LogP contribution >= 0.6 is 0 Å². The van der Waals surface area contributed by atoms with E-state index in [0.717, 1.165) is 17.1 Å². The first-order chi connectivity index (χ1) is 11.4. The topological polar surface area (TPSA) is 58.2 Å². The van der Waals surface area contributed by atoms with Crippen LogP contribution in [0.25, 0.3) is 0 Å². The van der Waals surface area contributed by atoms with Crippen molar-refractivity contribution in [2.75, 3.05) is 19.7 Å². The highest BCUT2D eigenvalue weighted by Gasteiger charge is 2.36. The van der Waals surface area contributed by atoms with Crippen LogP contribution in [-0.4, -0.2) is 40.5 Å². The van der Waals surface area contributed by atoms with Crippen LogP contribution in [-0.2, 0) is 14.9 Å². The molecule has 0 saturated carbocycles. The van der Waals surface area contributed by atoms with Crippen molar-refractivity contribution in [1.29, 1.82) is 0 Å². The number of aryl methyl sites for hydroxylation is 2. The summed E-state index contributed by atoms with van der Waals surface area (Å²) in [6.45, 7) is 9.66. The van der Waals surface area contributed by atoms with Gasteiger partial charge >= 0.3 is 0 Å². The molecule has 5 nitrogen and oxygen atoms in total. The van der Waals surface area contributed by atoms with Gasteiger partial charge in [0.1, 0.15) is 11.9 Å². The number of nitrogens with zero attached hydrogens (tertiary/aromatic N) is 2. The Morgan fingerprint density at radius 1 is 1.29 bits per heavy atom. The first kappa shape index (κ1) is 16.7. The highest BCUT2D eigenvalue weighted by Crippen LogP contribution is 2.29. The molecule has 5 heteroatoms. The molecule has 1 aliphatic rings. The van der Waals surface area contributed by atoms with Gasteiger partial charge in [0.15, 0.2) is 0 Å². The Bertz CT molecular complexity index is 718. The first-order valence-corrected chi connectivity index (χ1v) is 8.37. The molecular formula is C19H25N3O2. The Labute approximate surface area is 143 Å². The molecule has 1 aliphatic heterocycles. The molecule has 2 heterocycles. The molecule has 1 amide bonds. The number of H-pyrrole nitrogens is 1. The molecule has 24 heavy (non-hydrogen) atoms. The summed E-state index contributed by atoms with van der Waals surface area (Å²) in [5.41, 5.74) is 2.67. The van der Waals surface area contributed by atoms with Gasteiger partial charge in [-0.3, -0.25) is 4.79 Å². The van der Waals surface area contributed by atoms with Gasteiger partial charge in [0.25, 0.3) is 0 Å². The Hall–Kier alpha value is -2.14. The maximum Gasteiger partial charge on any atom is 0.232 e. The molecule has 1 N–H and O–H groups in total. The number of benzene rings is 1. The fourth-order valence-electron chi connectivity index (χ4n) is 3.08. The second-order valence-electron chi connectivity index (χ2n) is 7.05. The molecule has 0 spiro atoms. The smallest absolute Gasteiger partial charge is 0.232 e. The zero-order valence-electron chi connectivity index (χ0n) is 14.8. The number of morpholine rings is 1. The van der Waals surface area contributed by atoms with Crippen LogP contribution in [0.15, 0.2) is 30.5 Å². The zero-order chi connectivity index (χ0) is 17.3. The predicted octanol–water partition coefficient (Wildman–Crippen LogP) is 2.90. The Kier molecular flexibility index (Phi) is 4.45. The number of aromatic amines is 1. The molecule has 1 saturated heterocycles. The summed E-state index contributed by atoms with van der Waals surface area (Å²) in [6.07, 6.45) is 1.60. The Balaban J connectivity index is 1.77. The molecule has 2 aromatic rings. The standard InChI is InChI=1S/C19H25N3O2/c1-13-5-7-15(8-6-13)19(3,4)18(23)22-9-10-24-16(12-22)17-20-11-14(2)21-17/h5-8,11,16H,9-10,12H2,1-4H3,(H,20,21)/t16-/m0/s1. The van der Waals surface area contributed by atoms with Gasteiger partial charge in [-0.15, -0.1) is 0 Å². The molecule has 0 radical (unpaired) electrons. The summed E-state index contributed by atoms with van der Waals surface area (Å²) < 4.78 is 5.80. The van der Waals surface area contributed by atoms with Gasteiger partial charge in [-0.2, -0.15) is 0 Å². The second-order valence-corrected chi connectivity index (χ2v) is 7.05. The first-order valence-electron chi connectivity index (χ1n) is 8.37. The lowest BCUT2D eigenvalue weighted by Crippen LogP contribution is -2.49. The molecule has 1 fully saturated rings. The second kappa shape index (κ2) is 6.40. The van der Waals surface area contributed by atoms with Crippen LogP contribution < -0.4 is 0 Å². The number of carbonyl (C=O) groups excluding carboxylic acids is 1. The lowest BCUT2D eigenvalue weighted by molar-refractivity contribution is -0.144. The Morgan fingerprint density at radius 3 is 2.62 bits per heavy atom. The van der Waals surface area contributed by atoms with E-state index in [1.807, 2.05) is 37.8 Å². The van der Waals surface area contributed by atoms with Crippen LogP contribution in [0.3, 0.4) is 0 Å². The van der Waals surface area contributed by atoms with Gasteiger partial charge in [0.2, 0.25) is 5.91 Å². The van der Waals surface area contributed by atoms with Gasteiger partial charge in [-0.1, -0.05) is 29.8 Å². The van der Waals surface area contributed by atoms with Crippen molar-refractivity contribution in [2.24, 2.45) is 0 Å². The summed E-state index contributed by atoms with van der Waals surface area (Å²) in [6, 6.07) is 8.19. The van der Waals surface area contributed by atoms with E-state index < -0.39 is 5.41 Å². The predicted molar refractivity (Wildman–Crippen MR) is 92.8 cm³/mol. The molecular weight excluding hydrogens is 302 g/mol. The van der Waals surface area contributed by atoms with Gasteiger partial charge in [-0.25, -0.2) is 4.98 Å². The summed E-state index contributed by atoms with van der Waals surface area (Å²) in [5.74, 6) is 0.918. The van der Waals surface area contributed by atoms with Crippen LogP contribution in [0.1, 0.15) is 42.6 Å². The van der Waals surface area contributed by atoms with Crippen LogP contribution in [0.4, 0.5) is 0 Å². The molecule has 0 aliphatic carbocycles. The quantitative estimate of drug-likeness (QED) is 0.943. The Morgan fingerprint density at radius 2 is 2.00 bits per heavy atom. The fraction of sp³-hybridized carbons (Fsp3) is 0.474. The largest absolute Gasteiger partial charge is 0.367 e. The molecule has 128 valence electrons. The zero-order valence-corrected chi connectivity index (χ0v) is 14.8. The minimum atomic E-state index is -0.561. The monoisotopic (exact) mass is 327 g/mol. The van der Waals surface area contributed by atoms with Crippen molar-refractivity contribution in [3.63, 3.8) is 0 Å². The number of rotatable bonds is 3. The van der Waals surface area contributed by atoms with Crippen molar-refractivity contribution in [2.45, 2.75) is 39.2 Å². The molecule has 1 atom stereocenters. The van der Waals surface area contributed by atoms with Crippen LogP contribution in [0.2, 0.25) is 0 Å². The van der Waals surface area contributed by atoms with Crippen LogP contribution in [0.5, 0.6) is 0 Å². The average molecular weight is 327 g/mol. The third-order valence-electron chi connectivity index (χ3n) is 4.69.